The maximum Gasteiger partial charge on any atom is 0.196 e. The second kappa shape index (κ2) is 2.70. The zero-order chi connectivity index (χ0) is 8.59. The number of hydrogen-bond acceptors (Lipinski definition) is 0. The monoisotopic (exact) mass is 184 g/mol. The van der Waals surface area contributed by atoms with Crippen molar-refractivity contribution in [1.82, 2.24) is 0 Å². The van der Waals surface area contributed by atoms with Gasteiger partial charge < -0.3 is 0 Å². The van der Waals surface area contributed by atoms with Crippen LogP contribution in [0.4, 0.5) is 17.6 Å². The Balaban J connectivity index is 3.46. The van der Waals surface area contributed by atoms with Crippen molar-refractivity contribution < 1.29 is 17.6 Å². The first kappa shape index (κ1) is 8.33. The van der Waals surface area contributed by atoms with E-state index >= 15 is 0 Å². The molecule has 0 fully saturated rings. The maximum absolute atomic E-state index is 12.3. The van der Waals surface area contributed by atoms with Crippen LogP contribution in [0.3, 0.4) is 0 Å². The zero-order valence-corrected chi connectivity index (χ0v) is 5.72. The van der Waals surface area contributed by atoms with Gasteiger partial charge in [0.1, 0.15) is 10.8 Å². The van der Waals surface area contributed by atoms with Gasteiger partial charge in [-0.15, -0.1) is 0 Å². The Kier molecular flexibility index (Phi) is 2.04. The molecular weight excluding hydrogens is 184 g/mol. The van der Waals surface area contributed by atoms with Gasteiger partial charge in [0, 0.05) is 6.07 Å². The molecule has 0 amide bonds. The quantitative estimate of drug-likeness (QED) is 0.330. The summed E-state index contributed by atoms with van der Waals surface area (Å²) >= 11 is 4.90. The molecule has 0 saturated carbocycles. The Morgan fingerprint density at radius 3 is 2.00 bits per heavy atom. The summed E-state index contributed by atoms with van der Waals surface area (Å²) in [6.07, 6.45) is 0. The summed E-state index contributed by atoms with van der Waals surface area (Å²) in [5, 5.41) is -1.04. The van der Waals surface area contributed by atoms with Crippen LogP contribution in [-0.2, 0) is 0 Å². The van der Waals surface area contributed by atoms with Crippen LogP contribution in [0.15, 0.2) is 6.07 Å². The molecular formula is C6HClF4. The van der Waals surface area contributed by atoms with Crippen LogP contribution in [0.1, 0.15) is 0 Å². The van der Waals surface area contributed by atoms with Gasteiger partial charge in [0.25, 0.3) is 0 Å². The van der Waals surface area contributed by atoms with Crippen molar-refractivity contribution in [3.63, 3.8) is 0 Å². The highest BCUT2D eigenvalue weighted by Crippen LogP contribution is 2.22. The molecule has 1 rings (SSSR count). The largest absolute Gasteiger partial charge is 0.205 e. The summed E-state index contributed by atoms with van der Waals surface area (Å²) < 4.78 is 48.8. The summed E-state index contributed by atoms with van der Waals surface area (Å²) in [5.74, 6) is -6.38. The van der Waals surface area contributed by atoms with E-state index < -0.39 is 28.3 Å². The first-order valence-corrected chi connectivity index (χ1v) is 2.90. The third-order valence-electron chi connectivity index (χ3n) is 1.06. The Morgan fingerprint density at radius 1 is 0.909 bits per heavy atom. The SMILES string of the molecule is Fc1cc(F)c(Cl)c(F)c1F. The minimum Gasteiger partial charge on any atom is -0.205 e. The van der Waals surface area contributed by atoms with Crippen molar-refractivity contribution >= 4 is 11.6 Å². The summed E-state index contributed by atoms with van der Waals surface area (Å²) in [5.41, 5.74) is 0. The van der Waals surface area contributed by atoms with E-state index in [1.807, 2.05) is 0 Å². The molecule has 0 N–H and O–H groups in total. The molecule has 0 aliphatic heterocycles. The second-order valence-electron chi connectivity index (χ2n) is 1.78. The van der Waals surface area contributed by atoms with Crippen LogP contribution in [0.2, 0.25) is 5.02 Å². The van der Waals surface area contributed by atoms with Gasteiger partial charge in [-0.2, -0.15) is 0 Å². The van der Waals surface area contributed by atoms with Crippen LogP contribution < -0.4 is 0 Å². The normalized spacial score (nSPS) is 10.3. The van der Waals surface area contributed by atoms with Crippen LogP contribution in [0.25, 0.3) is 0 Å². The van der Waals surface area contributed by atoms with E-state index in [0.29, 0.717) is 0 Å². The van der Waals surface area contributed by atoms with Gasteiger partial charge >= 0.3 is 0 Å². The lowest BCUT2D eigenvalue weighted by Gasteiger charge is -1.97. The highest BCUT2D eigenvalue weighted by Gasteiger charge is 2.16. The smallest absolute Gasteiger partial charge is 0.196 e. The average molecular weight is 185 g/mol. The summed E-state index contributed by atoms with van der Waals surface area (Å²) in [4.78, 5) is 0. The fourth-order valence-corrected chi connectivity index (χ4v) is 0.682. The first-order chi connectivity index (χ1) is 5.04. The van der Waals surface area contributed by atoms with Gasteiger partial charge in [-0.05, 0) is 0 Å². The Morgan fingerprint density at radius 2 is 1.45 bits per heavy atom. The zero-order valence-electron chi connectivity index (χ0n) is 4.97. The molecule has 0 radical (unpaired) electrons. The van der Waals surface area contributed by atoms with Crippen molar-refractivity contribution in [3.05, 3.63) is 34.4 Å². The van der Waals surface area contributed by atoms with Gasteiger partial charge in [-0.25, -0.2) is 17.6 Å². The molecule has 0 bridgehead atoms. The molecule has 0 spiro atoms. The van der Waals surface area contributed by atoms with Crippen LogP contribution >= 0.6 is 11.6 Å². The summed E-state index contributed by atoms with van der Waals surface area (Å²) in [6, 6.07) is 0.181. The Labute approximate surface area is 64.4 Å². The van der Waals surface area contributed by atoms with E-state index in [2.05, 4.69) is 0 Å². The van der Waals surface area contributed by atoms with Gasteiger partial charge in [-0.3, -0.25) is 0 Å². The summed E-state index contributed by atoms with van der Waals surface area (Å²) in [7, 11) is 0. The van der Waals surface area contributed by atoms with Crippen molar-refractivity contribution in [2.75, 3.05) is 0 Å². The number of rotatable bonds is 0. The lowest BCUT2D eigenvalue weighted by Crippen LogP contribution is -1.94. The molecule has 60 valence electrons. The van der Waals surface area contributed by atoms with E-state index in [4.69, 9.17) is 11.6 Å². The highest BCUT2D eigenvalue weighted by molar-refractivity contribution is 6.30. The summed E-state index contributed by atoms with van der Waals surface area (Å²) in [6.45, 7) is 0. The molecule has 0 aromatic heterocycles. The molecule has 0 nitrogen and oxygen atoms in total. The van der Waals surface area contributed by atoms with Gasteiger partial charge in [0.15, 0.2) is 17.5 Å². The standard InChI is InChI=1S/C6HClF4/c7-4-2(8)1-3(9)5(10)6(4)11/h1H. The molecule has 1 aromatic rings. The van der Waals surface area contributed by atoms with E-state index in [0.717, 1.165) is 0 Å². The molecule has 0 heterocycles. The highest BCUT2D eigenvalue weighted by atomic mass is 35.5. The second-order valence-corrected chi connectivity index (χ2v) is 2.16. The van der Waals surface area contributed by atoms with Crippen molar-refractivity contribution in [1.29, 1.82) is 0 Å². The minimum absolute atomic E-state index is 0.181. The van der Waals surface area contributed by atoms with Gasteiger partial charge in [0.2, 0.25) is 0 Å². The van der Waals surface area contributed by atoms with E-state index in [-0.39, 0.29) is 6.07 Å². The molecule has 0 atom stereocenters. The first-order valence-electron chi connectivity index (χ1n) is 2.52. The minimum atomic E-state index is -1.77. The molecule has 1 aromatic carbocycles. The van der Waals surface area contributed by atoms with Gasteiger partial charge in [0.05, 0.1) is 0 Å². The van der Waals surface area contributed by atoms with Crippen molar-refractivity contribution in [2.45, 2.75) is 0 Å². The number of halogens is 5. The van der Waals surface area contributed by atoms with Crippen LogP contribution in [0.5, 0.6) is 0 Å². The molecule has 0 unspecified atom stereocenters. The van der Waals surface area contributed by atoms with E-state index in [1.165, 1.54) is 0 Å². The topological polar surface area (TPSA) is 0 Å². The van der Waals surface area contributed by atoms with E-state index in [9.17, 15) is 17.6 Å². The lowest BCUT2D eigenvalue weighted by molar-refractivity contribution is 0.435. The van der Waals surface area contributed by atoms with Crippen molar-refractivity contribution in [3.8, 4) is 0 Å². The van der Waals surface area contributed by atoms with Gasteiger partial charge in [-0.1, -0.05) is 11.6 Å². The van der Waals surface area contributed by atoms with Crippen LogP contribution in [-0.4, -0.2) is 0 Å². The number of benzene rings is 1. The molecule has 0 saturated heterocycles. The fourth-order valence-electron chi connectivity index (χ4n) is 0.544. The predicted molar refractivity (Wildman–Crippen MR) is 31.3 cm³/mol. The maximum atomic E-state index is 12.3. The Hall–Kier alpha value is -0.770. The molecule has 0 aliphatic rings. The predicted octanol–water partition coefficient (Wildman–Crippen LogP) is 2.90. The lowest BCUT2D eigenvalue weighted by atomic mass is 10.3. The van der Waals surface area contributed by atoms with Crippen LogP contribution in [0, 0.1) is 23.3 Å². The third-order valence-corrected chi connectivity index (χ3v) is 1.40. The average Bonchev–Trinajstić information content (AvgIpc) is 1.97. The number of hydrogen-bond donors (Lipinski definition) is 0. The molecule has 11 heavy (non-hydrogen) atoms. The molecule has 5 heteroatoms. The van der Waals surface area contributed by atoms with Crippen molar-refractivity contribution in [2.24, 2.45) is 0 Å². The Bertz CT molecular complexity index is 271. The third kappa shape index (κ3) is 1.30. The van der Waals surface area contributed by atoms with E-state index in [1.54, 1.807) is 0 Å². The fraction of sp³-hybridized carbons (Fsp3) is 0. The molecule has 0 aliphatic carbocycles.